The number of nitrogens with one attached hydrogen (secondary N) is 1. The molecule has 3 saturated carbocycles. The summed E-state index contributed by atoms with van der Waals surface area (Å²) in [4.78, 5) is 1.45. The Labute approximate surface area is 120 Å². The first-order valence-corrected chi connectivity index (χ1v) is 8.64. The standard InChI is InChI=1S/C14H19BrN2S/c15-9-4-10(18-6-9)5-11(17-16)14-12-7-1-2-8(3-7)13(12)14/h4,6-8,11-14,17H,1-3,5,16H2. The fourth-order valence-electron chi connectivity index (χ4n) is 4.91. The number of halogens is 1. The van der Waals surface area contributed by atoms with Crippen LogP contribution in [0.25, 0.3) is 0 Å². The molecule has 3 fully saturated rings. The van der Waals surface area contributed by atoms with E-state index in [1.54, 1.807) is 0 Å². The fourth-order valence-corrected chi connectivity index (χ4v) is 6.43. The Morgan fingerprint density at radius 2 is 2.11 bits per heavy atom. The van der Waals surface area contributed by atoms with Gasteiger partial charge in [0.15, 0.2) is 0 Å². The number of hydrogen-bond donors (Lipinski definition) is 2. The molecule has 1 heterocycles. The van der Waals surface area contributed by atoms with E-state index in [-0.39, 0.29) is 0 Å². The van der Waals surface area contributed by atoms with Gasteiger partial charge in [-0.05, 0) is 77.3 Å². The van der Waals surface area contributed by atoms with E-state index in [2.05, 4.69) is 32.8 Å². The predicted octanol–water partition coefficient (Wildman–Crippen LogP) is 3.18. The smallest absolute Gasteiger partial charge is 0.0292 e. The molecule has 4 heteroatoms. The van der Waals surface area contributed by atoms with Crippen molar-refractivity contribution < 1.29 is 0 Å². The second kappa shape index (κ2) is 4.30. The molecule has 1 aromatic rings. The Morgan fingerprint density at radius 1 is 1.39 bits per heavy atom. The molecule has 0 spiro atoms. The van der Waals surface area contributed by atoms with Crippen LogP contribution in [0, 0.1) is 29.6 Å². The average molecular weight is 327 g/mol. The SMILES string of the molecule is NNC(Cc1cc(Br)cs1)C1C2C3CCC(C3)C21. The van der Waals surface area contributed by atoms with Crippen molar-refractivity contribution in [1.29, 1.82) is 0 Å². The highest BCUT2D eigenvalue weighted by molar-refractivity contribution is 9.10. The lowest BCUT2D eigenvalue weighted by molar-refractivity contribution is 0.366. The van der Waals surface area contributed by atoms with Gasteiger partial charge >= 0.3 is 0 Å². The molecule has 3 aliphatic rings. The summed E-state index contributed by atoms with van der Waals surface area (Å²) in [5, 5.41) is 2.17. The Morgan fingerprint density at radius 3 is 2.67 bits per heavy atom. The first-order chi connectivity index (χ1) is 8.78. The minimum Gasteiger partial charge on any atom is -0.271 e. The molecule has 5 atom stereocenters. The summed E-state index contributed by atoms with van der Waals surface area (Å²) in [6, 6.07) is 2.73. The molecule has 3 N–H and O–H groups in total. The fraction of sp³-hybridized carbons (Fsp3) is 0.714. The van der Waals surface area contributed by atoms with Gasteiger partial charge in [-0.2, -0.15) is 0 Å². The maximum Gasteiger partial charge on any atom is 0.0292 e. The highest BCUT2D eigenvalue weighted by Gasteiger charge is 2.66. The number of fused-ring (bicyclic) bond motifs is 5. The summed E-state index contributed by atoms with van der Waals surface area (Å²) in [5.41, 5.74) is 3.11. The van der Waals surface area contributed by atoms with Crippen LogP contribution in [0.15, 0.2) is 15.9 Å². The van der Waals surface area contributed by atoms with Gasteiger partial charge in [-0.3, -0.25) is 11.3 Å². The monoisotopic (exact) mass is 326 g/mol. The maximum atomic E-state index is 5.83. The topological polar surface area (TPSA) is 38.0 Å². The van der Waals surface area contributed by atoms with Crippen molar-refractivity contribution in [3.63, 3.8) is 0 Å². The van der Waals surface area contributed by atoms with Crippen LogP contribution < -0.4 is 11.3 Å². The van der Waals surface area contributed by atoms with Gasteiger partial charge in [0, 0.05) is 20.8 Å². The lowest BCUT2D eigenvalue weighted by Crippen LogP contribution is -2.40. The quantitative estimate of drug-likeness (QED) is 0.658. The summed E-state index contributed by atoms with van der Waals surface area (Å²) in [6.07, 6.45) is 5.60. The average Bonchev–Trinajstić information content (AvgIpc) is 2.71. The second-order valence-electron chi connectivity index (χ2n) is 6.27. The molecule has 5 unspecified atom stereocenters. The third-order valence-corrected chi connectivity index (χ3v) is 7.24. The molecule has 3 aliphatic carbocycles. The molecule has 0 saturated heterocycles. The molecule has 1 aromatic heterocycles. The van der Waals surface area contributed by atoms with E-state index in [1.165, 1.54) is 28.6 Å². The molecular formula is C14H19BrN2S. The predicted molar refractivity (Wildman–Crippen MR) is 78.1 cm³/mol. The molecular weight excluding hydrogens is 308 g/mol. The molecule has 18 heavy (non-hydrogen) atoms. The minimum absolute atomic E-state index is 0.494. The van der Waals surface area contributed by atoms with Gasteiger partial charge in [-0.25, -0.2) is 0 Å². The Bertz CT molecular complexity index is 444. The highest BCUT2D eigenvalue weighted by atomic mass is 79.9. The first kappa shape index (κ1) is 11.9. The lowest BCUT2D eigenvalue weighted by Gasteiger charge is -2.19. The van der Waals surface area contributed by atoms with Crippen LogP contribution in [0.2, 0.25) is 0 Å². The molecule has 0 aliphatic heterocycles. The molecule has 0 aromatic carbocycles. The van der Waals surface area contributed by atoms with E-state index in [1.807, 2.05) is 11.3 Å². The van der Waals surface area contributed by atoms with Crippen molar-refractivity contribution in [2.24, 2.45) is 35.4 Å². The number of hydrazine groups is 1. The van der Waals surface area contributed by atoms with Crippen molar-refractivity contribution in [3.05, 3.63) is 20.8 Å². The summed E-state index contributed by atoms with van der Waals surface area (Å²) in [6.45, 7) is 0. The number of rotatable bonds is 4. The third kappa shape index (κ3) is 1.73. The Kier molecular flexibility index (Phi) is 2.84. The summed E-state index contributed by atoms with van der Waals surface area (Å²) < 4.78 is 1.20. The molecule has 2 bridgehead atoms. The Hall–Kier alpha value is 0.1000. The van der Waals surface area contributed by atoms with Gasteiger partial charge in [0.1, 0.15) is 0 Å². The van der Waals surface area contributed by atoms with E-state index < -0.39 is 0 Å². The zero-order valence-electron chi connectivity index (χ0n) is 10.3. The first-order valence-electron chi connectivity index (χ1n) is 6.97. The summed E-state index contributed by atoms with van der Waals surface area (Å²) in [7, 11) is 0. The van der Waals surface area contributed by atoms with E-state index in [4.69, 9.17) is 5.84 Å². The van der Waals surface area contributed by atoms with E-state index in [0.29, 0.717) is 6.04 Å². The summed E-state index contributed by atoms with van der Waals surface area (Å²) in [5.74, 6) is 10.8. The second-order valence-corrected chi connectivity index (χ2v) is 8.19. The van der Waals surface area contributed by atoms with E-state index in [9.17, 15) is 0 Å². The van der Waals surface area contributed by atoms with E-state index >= 15 is 0 Å². The van der Waals surface area contributed by atoms with Crippen LogP contribution in [-0.4, -0.2) is 6.04 Å². The van der Waals surface area contributed by atoms with Crippen molar-refractivity contribution in [2.45, 2.75) is 31.7 Å². The highest BCUT2D eigenvalue weighted by Crippen LogP contribution is 2.70. The van der Waals surface area contributed by atoms with Gasteiger partial charge in [-0.15, -0.1) is 11.3 Å². The van der Waals surface area contributed by atoms with Crippen molar-refractivity contribution in [3.8, 4) is 0 Å². The Balaban J connectivity index is 1.47. The van der Waals surface area contributed by atoms with Crippen molar-refractivity contribution >= 4 is 27.3 Å². The van der Waals surface area contributed by atoms with Crippen LogP contribution in [-0.2, 0) is 6.42 Å². The van der Waals surface area contributed by atoms with Crippen LogP contribution >= 0.6 is 27.3 Å². The van der Waals surface area contributed by atoms with Gasteiger partial charge in [-0.1, -0.05) is 0 Å². The molecule has 2 nitrogen and oxygen atoms in total. The third-order valence-electron chi connectivity index (χ3n) is 5.52. The molecule has 4 rings (SSSR count). The lowest BCUT2D eigenvalue weighted by atomic mass is 9.95. The minimum atomic E-state index is 0.494. The van der Waals surface area contributed by atoms with Crippen molar-refractivity contribution in [2.75, 3.05) is 0 Å². The largest absolute Gasteiger partial charge is 0.271 e. The van der Waals surface area contributed by atoms with Crippen LogP contribution in [0.4, 0.5) is 0 Å². The van der Waals surface area contributed by atoms with Crippen LogP contribution in [0.3, 0.4) is 0 Å². The van der Waals surface area contributed by atoms with Crippen molar-refractivity contribution in [1.82, 2.24) is 5.43 Å². The van der Waals surface area contributed by atoms with Crippen LogP contribution in [0.5, 0.6) is 0 Å². The zero-order valence-corrected chi connectivity index (χ0v) is 12.7. The number of nitrogens with two attached hydrogens (primary N) is 1. The summed E-state index contributed by atoms with van der Waals surface area (Å²) >= 11 is 5.37. The molecule has 0 amide bonds. The van der Waals surface area contributed by atoms with Gasteiger partial charge in [0.05, 0.1) is 0 Å². The van der Waals surface area contributed by atoms with Gasteiger partial charge in [0.2, 0.25) is 0 Å². The maximum absolute atomic E-state index is 5.83. The molecule has 0 radical (unpaired) electrons. The van der Waals surface area contributed by atoms with E-state index in [0.717, 1.165) is 36.0 Å². The zero-order chi connectivity index (χ0) is 12.3. The van der Waals surface area contributed by atoms with Gasteiger partial charge in [0.25, 0.3) is 0 Å². The molecule has 98 valence electrons. The van der Waals surface area contributed by atoms with Crippen LogP contribution in [0.1, 0.15) is 24.1 Å². The normalized spacial score (nSPS) is 42.0. The number of thiophene rings is 1. The number of hydrogen-bond acceptors (Lipinski definition) is 3. The van der Waals surface area contributed by atoms with Gasteiger partial charge < -0.3 is 0 Å².